The smallest absolute Gasteiger partial charge is 0.338 e. The monoisotopic (exact) mass is 314 g/mol. The van der Waals surface area contributed by atoms with E-state index in [0.717, 1.165) is 0 Å². The van der Waals surface area contributed by atoms with Crippen LogP contribution in [0.25, 0.3) is 0 Å². The summed E-state index contributed by atoms with van der Waals surface area (Å²) in [5.74, 6) is -1.14. The van der Waals surface area contributed by atoms with Crippen molar-refractivity contribution in [3.05, 3.63) is 59.5 Å². The molecule has 23 heavy (non-hydrogen) atoms. The first-order chi connectivity index (χ1) is 11.1. The molecule has 2 aromatic rings. The molecule has 0 spiro atoms. The predicted molar refractivity (Wildman–Crippen MR) is 81.5 cm³/mol. The van der Waals surface area contributed by atoms with Gasteiger partial charge in [-0.2, -0.15) is 0 Å². The van der Waals surface area contributed by atoms with E-state index in [1.165, 1.54) is 31.5 Å². The fourth-order valence-electron chi connectivity index (χ4n) is 2.57. The number of pyridine rings is 1. The minimum absolute atomic E-state index is 0.111. The number of hydrogen-bond donors (Lipinski definition) is 1. The van der Waals surface area contributed by atoms with Crippen molar-refractivity contribution in [1.29, 1.82) is 0 Å². The highest BCUT2D eigenvalue weighted by molar-refractivity contribution is 5.96. The number of hydrogen-bond acceptors (Lipinski definition) is 4. The summed E-state index contributed by atoms with van der Waals surface area (Å²) in [6.07, 6.45) is 2.02. The second-order valence-corrected chi connectivity index (χ2v) is 5.38. The van der Waals surface area contributed by atoms with Gasteiger partial charge in [0.1, 0.15) is 11.6 Å². The molecule has 0 saturated heterocycles. The van der Waals surface area contributed by atoms with E-state index in [0.29, 0.717) is 17.5 Å². The van der Waals surface area contributed by atoms with Crippen molar-refractivity contribution in [3.63, 3.8) is 0 Å². The second kappa shape index (κ2) is 6.16. The van der Waals surface area contributed by atoms with Crippen molar-refractivity contribution in [2.24, 2.45) is 5.92 Å². The summed E-state index contributed by atoms with van der Waals surface area (Å²) in [5.41, 5.74) is 0.864. The highest BCUT2D eigenvalue weighted by Crippen LogP contribution is 2.48. The molecule has 3 rings (SSSR count). The first-order valence-electron chi connectivity index (χ1n) is 7.20. The Hall–Kier alpha value is -2.76. The molecule has 1 heterocycles. The lowest BCUT2D eigenvalue weighted by Gasteiger charge is -2.06. The zero-order chi connectivity index (χ0) is 16.4. The molecule has 1 fully saturated rings. The Morgan fingerprint density at radius 2 is 2.09 bits per heavy atom. The Morgan fingerprint density at radius 3 is 2.83 bits per heavy atom. The van der Waals surface area contributed by atoms with Crippen LogP contribution in [-0.4, -0.2) is 24.0 Å². The van der Waals surface area contributed by atoms with Gasteiger partial charge in [0.05, 0.1) is 12.7 Å². The summed E-state index contributed by atoms with van der Waals surface area (Å²) in [6, 6.07) is 9.42. The second-order valence-electron chi connectivity index (χ2n) is 5.38. The molecular formula is C17H15FN2O3. The van der Waals surface area contributed by atoms with Crippen molar-refractivity contribution in [2.75, 3.05) is 12.4 Å². The third-order valence-electron chi connectivity index (χ3n) is 3.86. The fraction of sp³-hybridized carbons (Fsp3) is 0.235. The van der Waals surface area contributed by atoms with Gasteiger partial charge in [0.25, 0.3) is 0 Å². The van der Waals surface area contributed by atoms with Crippen LogP contribution in [0.2, 0.25) is 0 Å². The van der Waals surface area contributed by atoms with Crippen LogP contribution in [0.1, 0.15) is 28.3 Å². The quantitative estimate of drug-likeness (QED) is 0.881. The van der Waals surface area contributed by atoms with Crippen LogP contribution in [0.15, 0.2) is 42.6 Å². The van der Waals surface area contributed by atoms with E-state index in [9.17, 15) is 14.0 Å². The van der Waals surface area contributed by atoms with E-state index in [1.807, 2.05) is 0 Å². The molecule has 0 radical (unpaired) electrons. The van der Waals surface area contributed by atoms with Crippen molar-refractivity contribution in [1.82, 2.24) is 4.98 Å². The third-order valence-corrected chi connectivity index (χ3v) is 3.86. The lowest BCUT2D eigenvalue weighted by Crippen LogP contribution is -2.16. The van der Waals surface area contributed by atoms with Crippen LogP contribution in [0, 0.1) is 11.7 Å². The van der Waals surface area contributed by atoms with Gasteiger partial charge in [-0.15, -0.1) is 0 Å². The Balaban J connectivity index is 1.67. The maximum absolute atomic E-state index is 13.7. The molecule has 5 nitrogen and oxygen atoms in total. The van der Waals surface area contributed by atoms with Crippen LogP contribution in [0.5, 0.6) is 0 Å². The number of aromatic nitrogens is 1. The first kappa shape index (κ1) is 15.1. The van der Waals surface area contributed by atoms with Gasteiger partial charge in [0, 0.05) is 12.1 Å². The number of anilines is 1. The number of methoxy groups -OCH3 is 1. The van der Waals surface area contributed by atoms with E-state index in [4.69, 9.17) is 0 Å². The average molecular weight is 314 g/mol. The van der Waals surface area contributed by atoms with E-state index in [1.54, 1.807) is 18.2 Å². The number of nitrogens with zero attached hydrogens (tertiary/aromatic N) is 1. The molecule has 1 aromatic carbocycles. The topological polar surface area (TPSA) is 68.3 Å². The Kier molecular flexibility index (Phi) is 4.06. The van der Waals surface area contributed by atoms with Crippen molar-refractivity contribution < 1.29 is 18.7 Å². The highest BCUT2D eigenvalue weighted by Gasteiger charge is 2.45. The third kappa shape index (κ3) is 3.21. The van der Waals surface area contributed by atoms with Gasteiger partial charge in [0.2, 0.25) is 5.91 Å². The molecule has 1 saturated carbocycles. The minimum Gasteiger partial charge on any atom is -0.465 e. The Morgan fingerprint density at radius 1 is 1.30 bits per heavy atom. The van der Waals surface area contributed by atoms with E-state index in [-0.39, 0.29) is 29.4 Å². The molecular weight excluding hydrogens is 299 g/mol. The summed E-state index contributed by atoms with van der Waals surface area (Å²) in [5, 5.41) is 2.66. The standard InChI is InChI=1S/C17H15FN2O3/c1-23-17(22)10-6-7-19-15(8-10)20-16(21)13-9-12(13)11-4-2-3-5-14(11)18/h2-8,12-13H,9H2,1H3,(H,19,20,21)/t12-,13-/m0/s1. The zero-order valence-corrected chi connectivity index (χ0v) is 12.5. The van der Waals surface area contributed by atoms with E-state index in [2.05, 4.69) is 15.0 Å². The number of carbonyl (C=O) groups is 2. The molecule has 2 atom stereocenters. The van der Waals surface area contributed by atoms with Gasteiger partial charge in [-0.1, -0.05) is 18.2 Å². The first-order valence-corrected chi connectivity index (χ1v) is 7.20. The SMILES string of the molecule is COC(=O)c1ccnc(NC(=O)[C@H]2C[C@H]2c2ccccc2F)c1. The molecule has 1 aliphatic carbocycles. The van der Waals surface area contributed by atoms with Crippen molar-refractivity contribution in [2.45, 2.75) is 12.3 Å². The summed E-state index contributed by atoms with van der Waals surface area (Å²) < 4.78 is 18.4. The van der Waals surface area contributed by atoms with Crippen LogP contribution in [-0.2, 0) is 9.53 Å². The average Bonchev–Trinajstić information content (AvgIpc) is 3.35. The van der Waals surface area contributed by atoms with E-state index < -0.39 is 5.97 Å². The van der Waals surface area contributed by atoms with Crippen LogP contribution in [0.3, 0.4) is 0 Å². The van der Waals surface area contributed by atoms with Crippen LogP contribution >= 0.6 is 0 Å². The summed E-state index contributed by atoms with van der Waals surface area (Å²) in [7, 11) is 1.28. The molecule has 6 heteroatoms. The lowest BCUT2D eigenvalue weighted by molar-refractivity contribution is -0.117. The van der Waals surface area contributed by atoms with Crippen molar-refractivity contribution in [3.8, 4) is 0 Å². The lowest BCUT2D eigenvalue weighted by atomic mass is 10.1. The minimum atomic E-state index is -0.501. The highest BCUT2D eigenvalue weighted by atomic mass is 19.1. The number of rotatable bonds is 4. The van der Waals surface area contributed by atoms with Crippen LogP contribution < -0.4 is 5.32 Å². The summed E-state index contributed by atoms with van der Waals surface area (Å²) in [6.45, 7) is 0. The number of esters is 1. The zero-order valence-electron chi connectivity index (χ0n) is 12.5. The number of nitrogens with one attached hydrogen (secondary N) is 1. The van der Waals surface area contributed by atoms with Gasteiger partial charge >= 0.3 is 5.97 Å². The number of carbonyl (C=O) groups excluding carboxylic acids is 2. The molecule has 1 aromatic heterocycles. The van der Waals surface area contributed by atoms with Gasteiger partial charge in [-0.25, -0.2) is 14.2 Å². The normalized spacial score (nSPS) is 19.0. The Bertz CT molecular complexity index is 763. The molecule has 1 aliphatic rings. The maximum Gasteiger partial charge on any atom is 0.338 e. The molecule has 1 N–H and O–H groups in total. The summed E-state index contributed by atoms with van der Waals surface area (Å²) in [4.78, 5) is 27.7. The number of amides is 1. The van der Waals surface area contributed by atoms with Gasteiger partial charge in [-0.3, -0.25) is 4.79 Å². The fourth-order valence-corrected chi connectivity index (χ4v) is 2.57. The van der Waals surface area contributed by atoms with Gasteiger partial charge in [-0.05, 0) is 36.1 Å². The summed E-state index contributed by atoms with van der Waals surface area (Å²) >= 11 is 0. The largest absolute Gasteiger partial charge is 0.465 e. The molecule has 0 unspecified atom stereocenters. The Labute approximate surface area is 132 Å². The molecule has 0 aliphatic heterocycles. The van der Waals surface area contributed by atoms with Gasteiger partial charge < -0.3 is 10.1 Å². The van der Waals surface area contributed by atoms with E-state index >= 15 is 0 Å². The van der Waals surface area contributed by atoms with Crippen molar-refractivity contribution >= 4 is 17.7 Å². The predicted octanol–water partition coefficient (Wildman–Crippen LogP) is 2.75. The number of benzene rings is 1. The molecule has 1 amide bonds. The maximum atomic E-state index is 13.7. The molecule has 118 valence electrons. The number of halogens is 1. The van der Waals surface area contributed by atoms with Gasteiger partial charge in [0.15, 0.2) is 0 Å². The molecule has 0 bridgehead atoms. The number of ether oxygens (including phenoxy) is 1. The van der Waals surface area contributed by atoms with Crippen LogP contribution in [0.4, 0.5) is 10.2 Å².